The summed E-state index contributed by atoms with van der Waals surface area (Å²) >= 11 is 0. The second-order valence-corrected chi connectivity index (χ2v) is 10.4. The molecule has 0 saturated heterocycles. The van der Waals surface area contributed by atoms with Gasteiger partial charge in [-0.3, -0.25) is 9.59 Å². The third-order valence-corrected chi connectivity index (χ3v) is 6.89. The van der Waals surface area contributed by atoms with E-state index in [0.29, 0.717) is 18.9 Å². The molecule has 0 aliphatic carbocycles. The fraction of sp³-hybridized carbons (Fsp3) is 0.548. The lowest BCUT2D eigenvalue weighted by atomic mass is 10.0. The van der Waals surface area contributed by atoms with Gasteiger partial charge in [0.15, 0.2) is 0 Å². The Bertz CT molecular complexity index is 935. The number of carbonyl (C=O) groups is 2. The predicted molar refractivity (Wildman–Crippen MR) is 146 cm³/mol. The van der Waals surface area contributed by atoms with Crippen LogP contribution in [0.5, 0.6) is 0 Å². The van der Waals surface area contributed by atoms with E-state index in [1.807, 2.05) is 40.1 Å². The molecular formula is C31H44N2O2. The Morgan fingerprint density at radius 2 is 1.54 bits per heavy atom. The van der Waals surface area contributed by atoms with Crippen molar-refractivity contribution in [1.82, 2.24) is 4.90 Å². The molecule has 35 heavy (non-hydrogen) atoms. The van der Waals surface area contributed by atoms with Gasteiger partial charge in [-0.15, -0.1) is 0 Å². The quantitative estimate of drug-likeness (QED) is 0.391. The molecule has 0 spiro atoms. The Kier molecular flexibility index (Phi) is 10.8. The van der Waals surface area contributed by atoms with E-state index in [2.05, 4.69) is 39.0 Å². The molecule has 0 atom stereocenters. The highest BCUT2D eigenvalue weighted by Gasteiger charge is 2.23. The van der Waals surface area contributed by atoms with Gasteiger partial charge in [0.2, 0.25) is 5.91 Å². The first-order valence-corrected chi connectivity index (χ1v) is 13.8. The van der Waals surface area contributed by atoms with Gasteiger partial charge in [-0.2, -0.15) is 0 Å². The van der Waals surface area contributed by atoms with Crippen LogP contribution in [0.4, 0.5) is 5.69 Å². The predicted octanol–water partition coefficient (Wildman–Crippen LogP) is 7.40. The monoisotopic (exact) mass is 476 g/mol. The van der Waals surface area contributed by atoms with E-state index in [9.17, 15) is 9.59 Å². The average Bonchev–Trinajstić information content (AvgIpc) is 2.84. The molecule has 4 heteroatoms. The fourth-order valence-corrected chi connectivity index (χ4v) is 4.88. The van der Waals surface area contributed by atoms with Gasteiger partial charge in [0.05, 0.1) is 0 Å². The highest BCUT2D eigenvalue weighted by atomic mass is 16.2. The van der Waals surface area contributed by atoms with Crippen molar-refractivity contribution in [2.45, 2.75) is 91.5 Å². The number of aryl methyl sites for hydroxylation is 1. The number of unbranched alkanes of at least 4 members (excludes halogenated alkanes) is 2. The number of benzene rings is 2. The fourth-order valence-electron chi connectivity index (χ4n) is 4.88. The van der Waals surface area contributed by atoms with Crippen molar-refractivity contribution in [3.63, 3.8) is 0 Å². The number of rotatable bonds is 7. The Morgan fingerprint density at radius 1 is 0.857 bits per heavy atom. The van der Waals surface area contributed by atoms with Gasteiger partial charge in [0.25, 0.3) is 5.91 Å². The van der Waals surface area contributed by atoms with Crippen LogP contribution in [0, 0.1) is 5.92 Å². The molecule has 1 heterocycles. The van der Waals surface area contributed by atoms with E-state index in [4.69, 9.17) is 0 Å². The molecule has 0 radical (unpaired) electrons. The maximum absolute atomic E-state index is 13.6. The molecule has 0 aromatic heterocycles. The first-order chi connectivity index (χ1) is 17.0. The van der Waals surface area contributed by atoms with Crippen LogP contribution in [-0.4, -0.2) is 29.8 Å². The number of fused-ring (bicyclic) bond motifs is 1. The lowest BCUT2D eigenvalue weighted by Crippen LogP contribution is -2.36. The molecule has 2 amide bonds. The molecule has 0 fully saturated rings. The summed E-state index contributed by atoms with van der Waals surface area (Å²) in [5, 5.41) is 0. The topological polar surface area (TPSA) is 40.6 Å². The highest BCUT2D eigenvalue weighted by molar-refractivity contribution is 5.95. The summed E-state index contributed by atoms with van der Waals surface area (Å²) in [5.41, 5.74) is 4.06. The molecule has 0 N–H and O–H groups in total. The van der Waals surface area contributed by atoms with Gasteiger partial charge in [0, 0.05) is 37.3 Å². The molecule has 2 aromatic carbocycles. The minimum Gasteiger partial charge on any atom is -0.334 e. The standard InChI is InChI=1S/C31H44N2O2/c1-4-5-9-14-26-17-19-27(20-18-26)31(35)32-21-12-7-6-8-13-22-33(30(34)23-25(2)3)29-16-11-10-15-28(29)24-32/h10-11,15-20,25H,4-9,12-14,21-24H2,1-3H3. The molecule has 1 aliphatic rings. The van der Waals surface area contributed by atoms with E-state index in [1.54, 1.807) is 0 Å². The van der Waals surface area contributed by atoms with Gasteiger partial charge in [0.1, 0.15) is 0 Å². The van der Waals surface area contributed by atoms with Gasteiger partial charge in [-0.25, -0.2) is 0 Å². The summed E-state index contributed by atoms with van der Waals surface area (Å²) in [6, 6.07) is 16.3. The third kappa shape index (κ3) is 8.23. The molecule has 4 nitrogen and oxygen atoms in total. The summed E-state index contributed by atoms with van der Waals surface area (Å²) in [6.07, 6.45) is 10.7. The third-order valence-electron chi connectivity index (χ3n) is 6.89. The van der Waals surface area contributed by atoms with E-state index in [1.165, 1.54) is 24.8 Å². The molecule has 0 unspecified atom stereocenters. The van der Waals surface area contributed by atoms with E-state index < -0.39 is 0 Å². The van der Waals surface area contributed by atoms with E-state index in [-0.39, 0.29) is 11.8 Å². The average molecular weight is 477 g/mol. The number of carbonyl (C=O) groups excluding carboxylic acids is 2. The molecule has 2 aromatic rings. The number of hydrogen-bond acceptors (Lipinski definition) is 2. The Morgan fingerprint density at radius 3 is 2.26 bits per heavy atom. The summed E-state index contributed by atoms with van der Waals surface area (Å²) in [7, 11) is 0. The van der Waals surface area contributed by atoms with Crippen LogP contribution in [0.25, 0.3) is 0 Å². The van der Waals surface area contributed by atoms with Crippen molar-refractivity contribution in [2.24, 2.45) is 5.92 Å². The number of amides is 2. The summed E-state index contributed by atoms with van der Waals surface area (Å²) in [4.78, 5) is 30.8. The number of hydrogen-bond donors (Lipinski definition) is 0. The van der Waals surface area contributed by atoms with Crippen molar-refractivity contribution >= 4 is 17.5 Å². The van der Waals surface area contributed by atoms with Crippen LogP contribution in [0.3, 0.4) is 0 Å². The normalized spacial score (nSPS) is 15.3. The first kappa shape index (κ1) is 27.0. The SMILES string of the molecule is CCCCCc1ccc(C(=O)N2CCCCCCCN(C(=O)CC(C)C)c3ccccc3C2)cc1. The lowest BCUT2D eigenvalue weighted by molar-refractivity contribution is -0.119. The van der Waals surface area contributed by atoms with Crippen LogP contribution in [0.15, 0.2) is 48.5 Å². The molecule has 0 bridgehead atoms. The minimum absolute atomic E-state index is 0.0806. The summed E-state index contributed by atoms with van der Waals surface area (Å²) < 4.78 is 0. The number of anilines is 1. The van der Waals surface area contributed by atoms with Crippen LogP contribution in [-0.2, 0) is 17.8 Å². The van der Waals surface area contributed by atoms with Crippen molar-refractivity contribution in [3.8, 4) is 0 Å². The van der Waals surface area contributed by atoms with Gasteiger partial charge in [-0.1, -0.05) is 83.2 Å². The molecule has 0 saturated carbocycles. The van der Waals surface area contributed by atoms with Crippen LogP contribution < -0.4 is 4.90 Å². The first-order valence-electron chi connectivity index (χ1n) is 13.8. The highest BCUT2D eigenvalue weighted by Crippen LogP contribution is 2.26. The Balaban J connectivity index is 1.84. The van der Waals surface area contributed by atoms with Gasteiger partial charge < -0.3 is 9.80 Å². The molecular weight excluding hydrogens is 432 g/mol. The van der Waals surface area contributed by atoms with Crippen molar-refractivity contribution in [2.75, 3.05) is 18.0 Å². The van der Waals surface area contributed by atoms with Crippen molar-refractivity contribution in [3.05, 3.63) is 65.2 Å². The molecule has 1 aliphatic heterocycles. The lowest BCUT2D eigenvalue weighted by Gasteiger charge is -2.30. The zero-order chi connectivity index (χ0) is 25.0. The summed E-state index contributed by atoms with van der Waals surface area (Å²) in [5.74, 6) is 0.581. The largest absolute Gasteiger partial charge is 0.334 e. The van der Waals surface area contributed by atoms with Gasteiger partial charge >= 0.3 is 0 Å². The Hall–Kier alpha value is -2.62. The number of nitrogens with zero attached hydrogens (tertiary/aromatic N) is 2. The molecule has 190 valence electrons. The maximum atomic E-state index is 13.6. The van der Waals surface area contributed by atoms with E-state index in [0.717, 1.165) is 68.4 Å². The second-order valence-electron chi connectivity index (χ2n) is 10.4. The zero-order valence-electron chi connectivity index (χ0n) is 22.1. The smallest absolute Gasteiger partial charge is 0.254 e. The van der Waals surface area contributed by atoms with Gasteiger partial charge in [-0.05, 0) is 60.9 Å². The second kappa shape index (κ2) is 14.1. The van der Waals surface area contributed by atoms with Crippen molar-refractivity contribution in [1.29, 1.82) is 0 Å². The van der Waals surface area contributed by atoms with Crippen LogP contribution >= 0.6 is 0 Å². The van der Waals surface area contributed by atoms with E-state index >= 15 is 0 Å². The van der Waals surface area contributed by atoms with Crippen LogP contribution in [0.2, 0.25) is 0 Å². The van der Waals surface area contributed by atoms with Crippen LogP contribution in [0.1, 0.15) is 100 Å². The van der Waals surface area contributed by atoms with Crippen molar-refractivity contribution < 1.29 is 9.59 Å². The zero-order valence-corrected chi connectivity index (χ0v) is 22.1. The Labute approximate surface area is 212 Å². The molecule has 3 rings (SSSR count). The minimum atomic E-state index is 0.0806. The summed E-state index contributed by atoms with van der Waals surface area (Å²) in [6.45, 7) is 8.42. The number of para-hydroxylation sites is 1. The maximum Gasteiger partial charge on any atom is 0.254 e.